The molecule has 0 bridgehead atoms. The number of amides is 1. The molecular formula is C26H29Cl2N3O. The first-order chi connectivity index (χ1) is 15.6. The lowest BCUT2D eigenvalue weighted by Crippen LogP contribution is -2.44. The predicted octanol–water partition coefficient (Wildman–Crippen LogP) is 7.56. The summed E-state index contributed by atoms with van der Waals surface area (Å²) in [6, 6.07) is 17.0. The van der Waals surface area contributed by atoms with E-state index in [0.29, 0.717) is 17.3 Å². The average molecular weight is 470 g/mol. The molecule has 4 nitrogen and oxygen atoms in total. The van der Waals surface area contributed by atoms with E-state index in [-0.39, 0.29) is 17.9 Å². The van der Waals surface area contributed by atoms with E-state index in [1.165, 1.54) is 0 Å². The number of allylic oxidation sites excluding steroid dienone is 1. The molecule has 0 N–H and O–H groups in total. The molecule has 1 unspecified atom stereocenters. The normalized spacial score (nSPS) is 17.4. The number of benzene rings is 2. The highest BCUT2D eigenvalue weighted by Gasteiger charge is 2.37. The summed E-state index contributed by atoms with van der Waals surface area (Å²) in [5.41, 5.74) is 1.06. The molecule has 1 saturated heterocycles. The minimum absolute atomic E-state index is 0.0435. The van der Waals surface area contributed by atoms with Gasteiger partial charge in [0.2, 0.25) is 5.91 Å². The van der Waals surface area contributed by atoms with Crippen molar-refractivity contribution in [2.75, 3.05) is 4.90 Å². The minimum atomic E-state index is -0.0440. The third kappa shape index (κ3) is 7.18. The third-order valence-corrected chi connectivity index (χ3v) is 5.43. The Morgan fingerprint density at radius 2 is 1.66 bits per heavy atom. The van der Waals surface area contributed by atoms with Crippen LogP contribution in [-0.2, 0) is 4.79 Å². The lowest BCUT2D eigenvalue weighted by atomic mass is 9.86. The maximum Gasteiger partial charge on any atom is 0.232 e. The van der Waals surface area contributed by atoms with Crippen LogP contribution in [0.5, 0.6) is 0 Å². The van der Waals surface area contributed by atoms with Crippen LogP contribution in [0.2, 0.25) is 10.0 Å². The van der Waals surface area contributed by atoms with Crippen molar-refractivity contribution in [3.8, 4) is 0 Å². The van der Waals surface area contributed by atoms with E-state index in [2.05, 4.69) is 16.5 Å². The van der Waals surface area contributed by atoms with Gasteiger partial charge in [0.15, 0.2) is 5.82 Å². The fourth-order valence-electron chi connectivity index (χ4n) is 3.49. The molecule has 2 aromatic carbocycles. The Morgan fingerprint density at radius 1 is 1.00 bits per heavy atom. The summed E-state index contributed by atoms with van der Waals surface area (Å²) in [5, 5.41) is 1.48. The van der Waals surface area contributed by atoms with Crippen molar-refractivity contribution in [3.63, 3.8) is 0 Å². The Hall–Kier alpha value is -2.69. The molecular weight excluding hydrogens is 441 g/mol. The van der Waals surface area contributed by atoms with Crippen LogP contribution >= 0.6 is 23.2 Å². The zero-order chi connectivity index (χ0) is 23.3. The van der Waals surface area contributed by atoms with Gasteiger partial charge < -0.3 is 0 Å². The SMILES string of the molecule is C=CCC1CC[C@@H](c2ccc(Cl)cc2)N(c2cnccn2)C1=O.CC.Clc1ccccc1. The summed E-state index contributed by atoms with van der Waals surface area (Å²) < 4.78 is 0. The van der Waals surface area contributed by atoms with Crippen LogP contribution in [0.1, 0.15) is 44.7 Å². The van der Waals surface area contributed by atoms with Gasteiger partial charge in [0.25, 0.3) is 0 Å². The maximum absolute atomic E-state index is 13.0. The van der Waals surface area contributed by atoms with E-state index in [1.807, 2.05) is 68.4 Å². The molecule has 4 rings (SSSR count). The van der Waals surface area contributed by atoms with Crippen LogP contribution in [0, 0.1) is 5.92 Å². The molecule has 0 aliphatic carbocycles. The zero-order valence-electron chi connectivity index (χ0n) is 18.5. The molecule has 1 fully saturated rings. The number of rotatable bonds is 4. The Balaban J connectivity index is 0.000000340. The van der Waals surface area contributed by atoms with Crippen LogP contribution in [0.15, 0.2) is 85.8 Å². The maximum atomic E-state index is 13.0. The molecule has 0 radical (unpaired) electrons. The number of carbonyl (C=O) groups is 1. The van der Waals surface area contributed by atoms with Crippen LogP contribution < -0.4 is 4.90 Å². The summed E-state index contributed by atoms with van der Waals surface area (Å²) in [5.74, 6) is 0.626. The lowest BCUT2D eigenvalue weighted by Gasteiger charge is -2.38. The summed E-state index contributed by atoms with van der Waals surface area (Å²) in [7, 11) is 0. The van der Waals surface area contributed by atoms with E-state index in [9.17, 15) is 4.79 Å². The van der Waals surface area contributed by atoms with Crippen LogP contribution in [0.3, 0.4) is 0 Å². The monoisotopic (exact) mass is 469 g/mol. The van der Waals surface area contributed by atoms with Gasteiger partial charge in [-0.3, -0.25) is 14.7 Å². The highest BCUT2D eigenvalue weighted by atomic mass is 35.5. The quantitative estimate of drug-likeness (QED) is 0.370. The van der Waals surface area contributed by atoms with Gasteiger partial charge in [-0.15, -0.1) is 6.58 Å². The number of hydrogen-bond acceptors (Lipinski definition) is 3. The van der Waals surface area contributed by atoms with E-state index in [4.69, 9.17) is 23.2 Å². The molecule has 3 aromatic rings. The van der Waals surface area contributed by atoms with Crippen LogP contribution in [0.4, 0.5) is 5.82 Å². The molecule has 2 heterocycles. The summed E-state index contributed by atoms with van der Waals surface area (Å²) in [4.78, 5) is 23.2. The Labute approximate surface area is 200 Å². The molecule has 0 spiro atoms. The fourth-order valence-corrected chi connectivity index (χ4v) is 3.76. The number of aromatic nitrogens is 2. The zero-order valence-corrected chi connectivity index (χ0v) is 20.0. The van der Waals surface area contributed by atoms with Gasteiger partial charge in [0, 0.05) is 28.4 Å². The van der Waals surface area contributed by atoms with Gasteiger partial charge in [0.1, 0.15) is 0 Å². The Kier molecular flexibility index (Phi) is 10.9. The first-order valence-electron chi connectivity index (χ1n) is 10.8. The fraction of sp³-hybridized carbons (Fsp3) is 0.269. The largest absolute Gasteiger partial charge is 0.288 e. The summed E-state index contributed by atoms with van der Waals surface area (Å²) in [6.45, 7) is 7.76. The highest BCUT2D eigenvalue weighted by molar-refractivity contribution is 6.30. The van der Waals surface area contributed by atoms with E-state index in [1.54, 1.807) is 29.6 Å². The molecule has 1 aliphatic rings. The van der Waals surface area contributed by atoms with Crippen LogP contribution in [-0.4, -0.2) is 15.9 Å². The number of anilines is 1. The molecule has 0 saturated carbocycles. The molecule has 6 heteroatoms. The molecule has 168 valence electrons. The smallest absolute Gasteiger partial charge is 0.232 e. The van der Waals surface area contributed by atoms with Crippen molar-refractivity contribution < 1.29 is 4.79 Å². The standard InChI is InChI=1S/C18H18ClN3O.C6H5Cl.C2H6/c1-2-3-14-6-9-16(13-4-7-15(19)8-5-13)22(18(14)23)17-12-20-10-11-21-17;7-6-4-2-1-3-5-6;1-2/h2,4-5,7-8,10-12,14,16H,1,3,6,9H2;1-5H;1-2H3/t14?,16-;;/m0../s1. The number of carbonyl (C=O) groups excluding carboxylic acids is 1. The predicted molar refractivity (Wildman–Crippen MR) is 134 cm³/mol. The first-order valence-corrected chi connectivity index (χ1v) is 11.5. The van der Waals surface area contributed by atoms with Crippen molar-refractivity contribution in [2.45, 2.75) is 39.2 Å². The summed E-state index contributed by atoms with van der Waals surface area (Å²) >= 11 is 11.5. The van der Waals surface area contributed by atoms with Crippen molar-refractivity contribution in [1.29, 1.82) is 0 Å². The number of nitrogens with zero attached hydrogens (tertiary/aromatic N) is 3. The first kappa shape index (κ1) is 25.6. The van der Waals surface area contributed by atoms with E-state index in [0.717, 1.165) is 23.4 Å². The minimum Gasteiger partial charge on any atom is -0.288 e. The molecule has 1 amide bonds. The molecule has 1 aromatic heterocycles. The van der Waals surface area contributed by atoms with Gasteiger partial charge in [-0.05, 0) is 49.1 Å². The van der Waals surface area contributed by atoms with E-state index < -0.39 is 0 Å². The number of piperidine rings is 1. The van der Waals surface area contributed by atoms with Crippen molar-refractivity contribution >= 4 is 34.9 Å². The number of hydrogen-bond donors (Lipinski definition) is 0. The van der Waals surface area contributed by atoms with Gasteiger partial charge >= 0.3 is 0 Å². The second-order valence-corrected chi connectivity index (χ2v) is 7.81. The second kappa shape index (κ2) is 13.7. The Bertz CT molecular complexity index is 950. The molecule has 1 aliphatic heterocycles. The van der Waals surface area contributed by atoms with Crippen molar-refractivity contribution in [2.24, 2.45) is 5.92 Å². The second-order valence-electron chi connectivity index (χ2n) is 6.93. The number of halogens is 2. The molecule has 32 heavy (non-hydrogen) atoms. The summed E-state index contributed by atoms with van der Waals surface area (Å²) in [6.07, 6.45) is 9.06. The van der Waals surface area contributed by atoms with Gasteiger partial charge in [-0.2, -0.15) is 0 Å². The van der Waals surface area contributed by atoms with E-state index >= 15 is 0 Å². The van der Waals surface area contributed by atoms with Gasteiger partial charge in [-0.25, -0.2) is 4.98 Å². The van der Waals surface area contributed by atoms with Crippen molar-refractivity contribution in [3.05, 3.63) is 101 Å². The third-order valence-electron chi connectivity index (χ3n) is 4.92. The van der Waals surface area contributed by atoms with Crippen LogP contribution in [0.25, 0.3) is 0 Å². The molecule has 2 atom stereocenters. The topological polar surface area (TPSA) is 46.1 Å². The lowest BCUT2D eigenvalue weighted by molar-refractivity contribution is -0.124. The van der Waals surface area contributed by atoms with Gasteiger partial charge in [0.05, 0.1) is 12.2 Å². The average Bonchev–Trinajstić information content (AvgIpc) is 2.84. The highest BCUT2D eigenvalue weighted by Crippen LogP contribution is 2.38. The Morgan fingerprint density at radius 3 is 2.19 bits per heavy atom. The van der Waals surface area contributed by atoms with Crippen molar-refractivity contribution in [1.82, 2.24) is 9.97 Å². The van der Waals surface area contributed by atoms with Gasteiger partial charge in [-0.1, -0.05) is 73.5 Å².